The van der Waals surface area contributed by atoms with Gasteiger partial charge in [-0.05, 0) is 24.0 Å². The van der Waals surface area contributed by atoms with Crippen molar-refractivity contribution in [3.63, 3.8) is 0 Å². The van der Waals surface area contributed by atoms with E-state index in [0.717, 1.165) is 29.7 Å². The fraction of sp³-hybridized carbons (Fsp3) is 0.412. The summed E-state index contributed by atoms with van der Waals surface area (Å²) in [6.45, 7) is 4.25. The van der Waals surface area contributed by atoms with Gasteiger partial charge in [0.2, 0.25) is 0 Å². The van der Waals surface area contributed by atoms with E-state index in [4.69, 9.17) is 0 Å². The molecule has 0 unspecified atom stereocenters. The SMILES string of the molecule is CCc1cccc(CC)c1NC(=O)NC[C@@H](O)c1cnn(C)c1. The molecular formula is C17H24N4O2. The Morgan fingerprint density at radius 2 is 1.96 bits per heavy atom. The van der Waals surface area contributed by atoms with Crippen LogP contribution in [0.1, 0.15) is 36.6 Å². The summed E-state index contributed by atoms with van der Waals surface area (Å²) in [4.78, 5) is 12.1. The van der Waals surface area contributed by atoms with E-state index in [1.165, 1.54) is 0 Å². The van der Waals surface area contributed by atoms with E-state index in [-0.39, 0.29) is 12.6 Å². The molecule has 0 saturated heterocycles. The standard InChI is InChI=1S/C17H24N4O2/c1-4-12-7-6-8-13(5-2)16(12)20-17(23)18-10-15(22)14-9-19-21(3)11-14/h6-9,11,15,22H,4-5,10H2,1-3H3,(H2,18,20,23)/t15-/m1/s1. The first-order valence-corrected chi connectivity index (χ1v) is 7.87. The first-order chi connectivity index (χ1) is 11.0. The first-order valence-electron chi connectivity index (χ1n) is 7.87. The number of amides is 2. The Labute approximate surface area is 136 Å². The number of aromatic nitrogens is 2. The van der Waals surface area contributed by atoms with Gasteiger partial charge in [0, 0.05) is 31.0 Å². The molecule has 1 aromatic carbocycles. The summed E-state index contributed by atoms with van der Waals surface area (Å²) in [5.74, 6) is 0. The van der Waals surface area contributed by atoms with E-state index >= 15 is 0 Å². The highest BCUT2D eigenvalue weighted by atomic mass is 16.3. The topological polar surface area (TPSA) is 79.2 Å². The zero-order valence-corrected chi connectivity index (χ0v) is 13.8. The van der Waals surface area contributed by atoms with Crippen LogP contribution in [0.15, 0.2) is 30.6 Å². The van der Waals surface area contributed by atoms with Gasteiger partial charge in [-0.25, -0.2) is 4.79 Å². The molecule has 3 N–H and O–H groups in total. The Hall–Kier alpha value is -2.34. The lowest BCUT2D eigenvalue weighted by atomic mass is 10.0. The number of aliphatic hydroxyl groups excluding tert-OH is 1. The summed E-state index contributed by atoms with van der Waals surface area (Å²) in [7, 11) is 1.78. The number of hydrogen-bond donors (Lipinski definition) is 3. The maximum absolute atomic E-state index is 12.1. The molecule has 0 radical (unpaired) electrons. The number of carbonyl (C=O) groups is 1. The number of nitrogens with one attached hydrogen (secondary N) is 2. The van der Waals surface area contributed by atoms with Gasteiger partial charge in [0.25, 0.3) is 0 Å². The summed E-state index contributed by atoms with van der Waals surface area (Å²) in [5, 5.41) is 19.7. The van der Waals surface area contributed by atoms with Crippen LogP contribution in [0.5, 0.6) is 0 Å². The third-order valence-corrected chi connectivity index (χ3v) is 3.80. The van der Waals surface area contributed by atoms with Gasteiger partial charge in [0.15, 0.2) is 0 Å². The summed E-state index contributed by atoms with van der Waals surface area (Å²) in [6.07, 6.45) is 4.24. The molecule has 1 heterocycles. The summed E-state index contributed by atoms with van der Waals surface area (Å²) >= 11 is 0. The molecule has 0 bridgehead atoms. The number of nitrogens with zero attached hydrogens (tertiary/aromatic N) is 2. The van der Waals surface area contributed by atoms with Crippen LogP contribution >= 0.6 is 0 Å². The van der Waals surface area contributed by atoms with Crippen molar-refractivity contribution >= 4 is 11.7 Å². The molecule has 23 heavy (non-hydrogen) atoms. The van der Waals surface area contributed by atoms with Crippen molar-refractivity contribution in [3.8, 4) is 0 Å². The average molecular weight is 316 g/mol. The van der Waals surface area contributed by atoms with Crippen LogP contribution < -0.4 is 10.6 Å². The smallest absolute Gasteiger partial charge is 0.319 e. The fourth-order valence-corrected chi connectivity index (χ4v) is 2.48. The molecule has 0 aliphatic carbocycles. The predicted molar refractivity (Wildman–Crippen MR) is 90.4 cm³/mol. The lowest BCUT2D eigenvalue weighted by Crippen LogP contribution is -2.33. The molecule has 124 valence electrons. The van der Waals surface area contributed by atoms with E-state index < -0.39 is 6.10 Å². The quantitative estimate of drug-likeness (QED) is 0.765. The van der Waals surface area contributed by atoms with E-state index in [0.29, 0.717) is 5.56 Å². The molecule has 0 aliphatic heterocycles. The number of para-hydroxylation sites is 1. The van der Waals surface area contributed by atoms with Gasteiger partial charge in [-0.15, -0.1) is 0 Å². The molecule has 0 spiro atoms. The van der Waals surface area contributed by atoms with E-state index in [9.17, 15) is 9.90 Å². The van der Waals surface area contributed by atoms with Gasteiger partial charge < -0.3 is 15.7 Å². The van der Waals surface area contributed by atoms with E-state index in [1.54, 1.807) is 24.1 Å². The van der Waals surface area contributed by atoms with E-state index in [1.807, 2.05) is 18.2 Å². The number of urea groups is 1. The minimum Gasteiger partial charge on any atom is -0.386 e. The summed E-state index contributed by atoms with van der Waals surface area (Å²) < 4.78 is 1.61. The van der Waals surface area contributed by atoms with Crippen molar-refractivity contribution in [2.75, 3.05) is 11.9 Å². The second-order valence-electron chi connectivity index (χ2n) is 5.46. The average Bonchev–Trinajstić information content (AvgIpc) is 2.99. The molecule has 6 heteroatoms. The van der Waals surface area contributed by atoms with Crippen molar-refractivity contribution in [1.29, 1.82) is 0 Å². The number of carbonyl (C=O) groups excluding carboxylic acids is 1. The Morgan fingerprint density at radius 3 is 2.48 bits per heavy atom. The van der Waals surface area contributed by atoms with Gasteiger partial charge in [0.05, 0.1) is 12.3 Å². The molecule has 0 aliphatic rings. The van der Waals surface area contributed by atoms with Crippen molar-refractivity contribution in [1.82, 2.24) is 15.1 Å². The number of benzene rings is 1. The maximum Gasteiger partial charge on any atom is 0.319 e. The molecule has 0 saturated carbocycles. The highest BCUT2D eigenvalue weighted by molar-refractivity contribution is 5.91. The molecule has 1 aromatic heterocycles. The second-order valence-corrected chi connectivity index (χ2v) is 5.46. The molecule has 0 fully saturated rings. The van der Waals surface area contributed by atoms with Crippen LogP contribution in [0.4, 0.5) is 10.5 Å². The highest BCUT2D eigenvalue weighted by Crippen LogP contribution is 2.22. The Bertz CT molecular complexity index is 644. The third-order valence-electron chi connectivity index (χ3n) is 3.80. The van der Waals surface area contributed by atoms with Gasteiger partial charge >= 0.3 is 6.03 Å². The number of aryl methyl sites for hydroxylation is 3. The number of rotatable bonds is 6. The zero-order chi connectivity index (χ0) is 16.8. The molecule has 2 aromatic rings. The normalized spacial score (nSPS) is 12.0. The van der Waals surface area contributed by atoms with Crippen LogP contribution in [-0.4, -0.2) is 27.5 Å². The molecule has 6 nitrogen and oxygen atoms in total. The largest absolute Gasteiger partial charge is 0.386 e. The Morgan fingerprint density at radius 1 is 1.30 bits per heavy atom. The molecule has 2 amide bonds. The number of aliphatic hydroxyl groups is 1. The van der Waals surface area contributed by atoms with Crippen molar-refractivity contribution < 1.29 is 9.90 Å². The van der Waals surface area contributed by atoms with Crippen molar-refractivity contribution in [3.05, 3.63) is 47.3 Å². The second kappa shape index (κ2) is 7.78. The van der Waals surface area contributed by atoms with Gasteiger partial charge in [0.1, 0.15) is 0 Å². The van der Waals surface area contributed by atoms with Gasteiger partial charge in [-0.2, -0.15) is 5.10 Å². The van der Waals surface area contributed by atoms with Crippen molar-refractivity contribution in [2.45, 2.75) is 32.8 Å². The molecule has 1 atom stereocenters. The van der Waals surface area contributed by atoms with Gasteiger partial charge in [-0.1, -0.05) is 32.0 Å². The van der Waals surface area contributed by atoms with Crippen LogP contribution in [-0.2, 0) is 19.9 Å². The lowest BCUT2D eigenvalue weighted by molar-refractivity contribution is 0.175. The van der Waals surface area contributed by atoms with Crippen LogP contribution in [0.2, 0.25) is 0 Å². The van der Waals surface area contributed by atoms with E-state index in [2.05, 4.69) is 29.6 Å². The highest BCUT2D eigenvalue weighted by Gasteiger charge is 2.13. The Kier molecular flexibility index (Phi) is 5.76. The number of anilines is 1. The number of hydrogen-bond acceptors (Lipinski definition) is 3. The Balaban J connectivity index is 1.97. The molecule has 2 rings (SSSR count). The third kappa shape index (κ3) is 4.32. The minimum atomic E-state index is -0.776. The monoisotopic (exact) mass is 316 g/mol. The fourth-order valence-electron chi connectivity index (χ4n) is 2.48. The maximum atomic E-state index is 12.1. The van der Waals surface area contributed by atoms with Crippen molar-refractivity contribution in [2.24, 2.45) is 7.05 Å². The predicted octanol–water partition coefficient (Wildman–Crippen LogP) is 2.40. The van der Waals surface area contributed by atoms with Crippen LogP contribution in [0.25, 0.3) is 0 Å². The van der Waals surface area contributed by atoms with Gasteiger partial charge in [-0.3, -0.25) is 4.68 Å². The minimum absolute atomic E-state index is 0.132. The first kappa shape index (κ1) is 17.0. The summed E-state index contributed by atoms with van der Waals surface area (Å²) in [5.41, 5.74) is 3.75. The summed E-state index contributed by atoms with van der Waals surface area (Å²) in [6, 6.07) is 5.72. The zero-order valence-electron chi connectivity index (χ0n) is 13.8. The van der Waals surface area contributed by atoms with Crippen LogP contribution in [0, 0.1) is 0 Å². The lowest BCUT2D eigenvalue weighted by Gasteiger charge is -2.16. The molecular weight excluding hydrogens is 292 g/mol. The van der Waals surface area contributed by atoms with Crippen LogP contribution in [0.3, 0.4) is 0 Å².